The monoisotopic (exact) mass is 322 g/mol. The van der Waals surface area contributed by atoms with Crippen LogP contribution in [-0.4, -0.2) is 31.4 Å². The largest absolute Gasteiger partial charge is 0.493 e. The van der Waals surface area contributed by atoms with E-state index in [-0.39, 0.29) is 24.5 Å². The molecule has 0 aliphatic carbocycles. The first-order valence-electron chi connectivity index (χ1n) is 6.53. The van der Waals surface area contributed by atoms with Gasteiger partial charge in [0.05, 0.1) is 7.11 Å². The van der Waals surface area contributed by atoms with E-state index in [4.69, 9.17) is 30.9 Å². The fraction of sp³-hybridized carbons (Fsp3) is 0.188. The zero-order valence-corrected chi connectivity index (χ0v) is 12.7. The first-order chi connectivity index (χ1) is 10.6. The van der Waals surface area contributed by atoms with Crippen LogP contribution < -0.4 is 14.2 Å². The molecule has 5 nitrogen and oxygen atoms in total. The number of rotatable bonds is 7. The molecule has 0 amide bonds. The second-order valence-corrected chi connectivity index (χ2v) is 4.73. The van der Waals surface area contributed by atoms with Gasteiger partial charge in [0.15, 0.2) is 11.5 Å². The molecule has 0 bridgehead atoms. The lowest BCUT2D eigenvalue weighted by Crippen LogP contribution is -2.12. The van der Waals surface area contributed by atoms with E-state index >= 15 is 0 Å². The van der Waals surface area contributed by atoms with E-state index in [9.17, 15) is 4.79 Å². The number of ether oxygens (including phenoxy) is 3. The Morgan fingerprint density at radius 1 is 1.09 bits per heavy atom. The molecule has 0 unspecified atom stereocenters. The van der Waals surface area contributed by atoms with E-state index in [0.29, 0.717) is 16.5 Å². The average Bonchev–Trinajstić information content (AvgIpc) is 2.53. The number of halogens is 1. The molecule has 0 aliphatic rings. The van der Waals surface area contributed by atoms with Crippen molar-refractivity contribution in [2.24, 2.45) is 0 Å². The molecule has 0 radical (unpaired) electrons. The maximum absolute atomic E-state index is 11.2. The summed E-state index contributed by atoms with van der Waals surface area (Å²) in [5, 5.41) is 9.80. The van der Waals surface area contributed by atoms with Gasteiger partial charge in [-0.1, -0.05) is 17.7 Å². The van der Waals surface area contributed by atoms with Gasteiger partial charge in [0.25, 0.3) is 0 Å². The van der Waals surface area contributed by atoms with Gasteiger partial charge >= 0.3 is 5.97 Å². The predicted octanol–water partition coefficient (Wildman–Crippen LogP) is 3.50. The minimum Gasteiger partial charge on any atom is -0.493 e. The number of carboxylic acids is 1. The summed E-state index contributed by atoms with van der Waals surface area (Å²) in [6, 6.07) is 11.6. The Bertz CT molecular complexity index is 639. The first-order valence-corrected chi connectivity index (χ1v) is 6.91. The van der Waals surface area contributed by atoms with Crippen molar-refractivity contribution in [1.29, 1.82) is 0 Å². The molecule has 116 valence electrons. The fourth-order valence-corrected chi connectivity index (χ4v) is 1.95. The second kappa shape index (κ2) is 7.56. The number of methoxy groups -OCH3 is 1. The van der Waals surface area contributed by atoms with Gasteiger partial charge in [0, 0.05) is 5.02 Å². The molecule has 6 heteroatoms. The summed E-state index contributed by atoms with van der Waals surface area (Å²) in [5.74, 6) is 0.141. The number of hydrogen-bond acceptors (Lipinski definition) is 4. The quantitative estimate of drug-likeness (QED) is 0.790. The summed E-state index contributed by atoms with van der Waals surface area (Å²) in [6.07, 6.45) is 0. The molecule has 22 heavy (non-hydrogen) atoms. The maximum Gasteiger partial charge on any atom is 0.339 e. The Morgan fingerprint density at radius 3 is 2.41 bits per heavy atom. The van der Waals surface area contributed by atoms with Gasteiger partial charge < -0.3 is 19.3 Å². The predicted molar refractivity (Wildman–Crippen MR) is 82.4 cm³/mol. The van der Waals surface area contributed by atoms with Crippen molar-refractivity contribution in [3.05, 3.63) is 53.1 Å². The van der Waals surface area contributed by atoms with Gasteiger partial charge in [-0.15, -0.1) is 0 Å². The smallest absolute Gasteiger partial charge is 0.339 e. The molecule has 0 aliphatic heterocycles. The summed E-state index contributed by atoms with van der Waals surface area (Å²) >= 11 is 5.78. The van der Waals surface area contributed by atoms with Gasteiger partial charge in [-0.25, -0.2) is 4.79 Å². The summed E-state index contributed by atoms with van der Waals surface area (Å²) in [4.78, 5) is 11.2. The lowest BCUT2D eigenvalue weighted by molar-refractivity contribution is 0.0690. The fourth-order valence-electron chi connectivity index (χ4n) is 1.83. The third-order valence-electron chi connectivity index (χ3n) is 2.84. The van der Waals surface area contributed by atoms with Gasteiger partial charge in [0.2, 0.25) is 0 Å². The standard InChI is InChI=1S/C16H15ClO5/c1-20-14-4-2-3-13(16(18)19)15(14)22-10-9-21-12-7-5-11(17)6-8-12/h2-8H,9-10H2,1H3,(H,18,19). The number of carbonyl (C=O) groups is 1. The van der Waals surface area contributed by atoms with Crippen LogP contribution in [0.4, 0.5) is 0 Å². The highest BCUT2D eigenvalue weighted by atomic mass is 35.5. The number of hydrogen-bond donors (Lipinski definition) is 1. The van der Waals surface area contributed by atoms with Crippen LogP contribution in [0, 0.1) is 0 Å². The molecule has 1 N–H and O–H groups in total. The molecular weight excluding hydrogens is 308 g/mol. The second-order valence-electron chi connectivity index (χ2n) is 4.29. The minimum atomic E-state index is -1.08. The summed E-state index contributed by atoms with van der Waals surface area (Å²) < 4.78 is 16.1. The molecule has 2 aromatic rings. The van der Waals surface area contributed by atoms with Crippen molar-refractivity contribution >= 4 is 17.6 Å². The van der Waals surface area contributed by atoms with Crippen molar-refractivity contribution in [2.75, 3.05) is 20.3 Å². The van der Waals surface area contributed by atoms with Crippen LogP contribution in [0.15, 0.2) is 42.5 Å². The van der Waals surface area contributed by atoms with Crippen molar-refractivity contribution in [2.45, 2.75) is 0 Å². The van der Waals surface area contributed by atoms with E-state index in [2.05, 4.69) is 0 Å². The molecule has 0 spiro atoms. The van der Waals surface area contributed by atoms with E-state index in [0.717, 1.165) is 0 Å². The normalized spacial score (nSPS) is 10.1. The Balaban J connectivity index is 1.96. The topological polar surface area (TPSA) is 65.0 Å². The zero-order chi connectivity index (χ0) is 15.9. The Hall–Kier alpha value is -2.40. The molecule has 0 fully saturated rings. The Labute approximate surface area is 133 Å². The van der Waals surface area contributed by atoms with E-state index in [1.54, 1.807) is 36.4 Å². The molecule has 2 aromatic carbocycles. The van der Waals surface area contributed by atoms with Crippen molar-refractivity contribution in [3.8, 4) is 17.2 Å². The minimum absolute atomic E-state index is 0.0471. The highest BCUT2D eigenvalue weighted by Gasteiger charge is 2.16. The summed E-state index contributed by atoms with van der Waals surface area (Å²) in [7, 11) is 1.46. The van der Waals surface area contributed by atoms with E-state index in [1.165, 1.54) is 13.2 Å². The third-order valence-corrected chi connectivity index (χ3v) is 3.09. The SMILES string of the molecule is COc1cccc(C(=O)O)c1OCCOc1ccc(Cl)cc1. The average molecular weight is 323 g/mol. The summed E-state index contributed by atoms with van der Waals surface area (Å²) in [5.41, 5.74) is 0.0471. The number of para-hydroxylation sites is 1. The molecular formula is C16H15ClO5. The Morgan fingerprint density at radius 2 is 1.77 bits per heavy atom. The van der Waals surface area contributed by atoms with Crippen LogP contribution in [0.25, 0.3) is 0 Å². The van der Waals surface area contributed by atoms with Crippen molar-refractivity contribution in [1.82, 2.24) is 0 Å². The van der Waals surface area contributed by atoms with Gasteiger partial charge in [-0.05, 0) is 36.4 Å². The van der Waals surface area contributed by atoms with Gasteiger partial charge in [0.1, 0.15) is 24.5 Å². The molecule has 0 saturated carbocycles. The number of carboxylic acid groups (broad SMARTS) is 1. The van der Waals surface area contributed by atoms with Crippen LogP contribution in [0.2, 0.25) is 5.02 Å². The number of aromatic carboxylic acids is 1. The number of benzene rings is 2. The van der Waals surface area contributed by atoms with Gasteiger partial charge in [-0.3, -0.25) is 0 Å². The molecule has 0 atom stereocenters. The van der Waals surface area contributed by atoms with Crippen LogP contribution in [0.5, 0.6) is 17.2 Å². The van der Waals surface area contributed by atoms with E-state index < -0.39 is 5.97 Å². The molecule has 0 saturated heterocycles. The zero-order valence-electron chi connectivity index (χ0n) is 11.9. The van der Waals surface area contributed by atoms with Gasteiger partial charge in [-0.2, -0.15) is 0 Å². The Kier molecular flexibility index (Phi) is 5.49. The van der Waals surface area contributed by atoms with Crippen LogP contribution in [-0.2, 0) is 0 Å². The van der Waals surface area contributed by atoms with Crippen molar-refractivity contribution in [3.63, 3.8) is 0 Å². The maximum atomic E-state index is 11.2. The lowest BCUT2D eigenvalue weighted by atomic mass is 10.2. The first kappa shape index (κ1) is 16.0. The molecule has 0 heterocycles. The highest BCUT2D eigenvalue weighted by Crippen LogP contribution is 2.31. The molecule has 2 rings (SSSR count). The lowest BCUT2D eigenvalue weighted by Gasteiger charge is -2.13. The van der Waals surface area contributed by atoms with Crippen LogP contribution >= 0.6 is 11.6 Å². The third kappa shape index (κ3) is 4.05. The van der Waals surface area contributed by atoms with Crippen LogP contribution in [0.1, 0.15) is 10.4 Å². The van der Waals surface area contributed by atoms with Crippen LogP contribution in [0.3, 0.4) is 0 Å². The molecule has 0 aromatic heterocycles. The van der Waals surface area contributed by atoms with E-state index in [1.807, 2.05) is 0 Å². The van der Waals surface area contributed by atoms with Crippen molar-refractivity contribution < 1.29 is 24.1 Å². The highest BCUT2D eigenvalue weighted by molar-refractivity contribution is 6.30. The summed E-state index contributed by atoms with van der Waals surface area (Å²) in [6.45, 7) is 0.446.